The highest BCUT2D eigenvalue weighted by atomic mass is 16.2. The van der Waals surface area contributed by atoms with E-state index in [1.807, 2.05) is 0 Å². The summed E-state index contributed by atoms with van der Waals surface area (Å²) in [6.45, 7) is 1.71. The molecule has 0 unspecified atom stereocenters. The molecule has 0 aliphatic heterocycles. The Morgan fingerprint density at radius 2 is 2.00 bits per heavy atom. The van der Waals surface area contributed by atoms with Crippen molar-refractivity contribution in [3.05, 3.63) is 41.1 Å². The fourth-order valence-electron chi connectivity index (χ4n) is 1.85. The Labute approximate surface area is 115 Å². The van der Waals surface area contributed by atoms with Crippen molar-refractivity contribution in [2.24, 2.45) is 12.8 Å². The Morgan fingerprint density at radius 3 is 2.55 bits per heavy atom. The second kappa shape index (κ2) is 5.04. The van der Waals surface area contributed by atoms with Crippen LogP contribution < -0.4 is 16.8 Å². The van der Waals surface area contributed by atoms with Gasteiger partial charge in [-0.1, -0.05) is 6.07 Å². The van der Waals surface area contributed by atoms with Crippen molar-refractivity contribution in [1.29, 1.82) is 0 Å². The van der Waals surface area contributed by atoms with E-state index in [0.29, 0.717) is 16.8 Å². The van der Waals surface area contributed by atoms with E-state index in [0.717, 1.165) is 0 Å². The predicted molar refractivity (Wildman–Crippen MR) is 75.3 cm³/mol. The number of aryl methyl sites for hydroxylation is 1. The average molecular weight is 273 g/mol. The maximum absolute atomic E-state index is 12.1. The first kappa shape index (κ1) is 13.6. The largest absolute Gasteiger partial charge is 0.383 e. The van der Waals surface area contributed by atoms with Crippen molar-refractivity contribution in [3.8, 4) is 0 Å². The third-order valence-electron chi connectivity index (χ3n) is 3.08. The minimum Gasteiger partial charge on any atom is -0.383 e. The summed E-state index contributed by atoms with van der Waals surface area (Å²) >= 11 is 0. The van der Waals surface area contributed by atoms with E-state index in [-0.39, 0.29) is 17.3 Å². The number of nitrogens with two attached hydrogens (primary N) is 2. The molecule has 0 fully saturated rings. The minimum absolute atomic E-state index is 0.270. The van der Waals surface area contributed by atoms with Gasteiger partial charge in [-0.25, -0.2) is 0 Å². The number of rotatable bonds is 3. The fraction of sp³-hybridized carbons (Fsp3) is 0.154. The molecule has 7 nitrogen and oxygen atoms in total. The standard InChI is InChI=1S/C13H15N5O2/c1-7-8(12(15)19)4-3-5-10(7)17-13(20)9-6-16-18(2)11(9)14/h3-6H,14H2,1-2H3,(H2,15,19)(H,17,20). The third kappa shape index (κ3) is 2.33. The molecule has 0 saturated carbocycles. The number of primary amides is 1. The number of hydrogen-bond donors (Lipinski definition) is 3. The summed E-state index contributed by atoms with van der Waals surface area (Å²) in [4.78, 5) is 23.4. The number of hydrogen-bond acceptors (Lipinski definition) is 4. The van der Waals surface area contributed by atoms with Crippen LogP contribution in [0, 0.1) is 6.92 Å². The molecule has 104 valence electrons. The Bertz CT molecular complexity index is 690. The molecule has 0 saturated heterocycles. The summed E-state index contributed by atoms with van der Waals surface area (Å²) in [5.41, 5.74) is 12.8. The Kier molecular flexibility index (Phi) is 3.43. The number of aromatic nitrogens is 2. The van der Waals surface area contributed by atoms with Crippen molar-refractivity contribution >= 4 is 23.3 Å². The Balaban J connectivity index is 2.31. The van der Waals surface area contributed by atoms with Crippen LogP contribution in [0.15, 0.2) is 24.4 Å². The van der Waals surface area contributed by atoms with Crippen LogP contribution in [0.5, 0.6) is 0 Å². The number of carbonyl (C=O) groups excluding carboxylic acids is 2. The third-order valence-corrected chi connectivity index (χ3v) is 3.08. The van der Waals surface area contributed by atoms with E-state index in [1.54, 1.807) is 32.2 Å². The summed E-state index contributed by atoms with van der Waals surface area (Å²) in [6, 6.07) is 4.94. The normalized spacial score (nSPS) is 10.3. The first-order chi connectivity index (χ1) is 9.41. The topological polar surface area (TPSA) is 116 Å². The van der Waals surface area contributed by atoms with Gasteiger partial charge in [-0.05, 0) is 24.6 Å². The highest BCUT2D eigenvalue weighted by Crippen LogP contribution is 2.20. The van der Waals surface area contributed by atoms with Gasteiger partial charge < -0.3 is 16.8 Å². The Hall–Kier alpha value is -2.83. The molecule has 0 spiro atoms. The van der Waals surface area contributed by atoms with Gasteiger partial charge in [0.15, 0.2) is 0 Å². The minimum atomic E-state index is -0.542. The zero-order chi connectivity index (χ0) is 14.9. The summed E-state index contributed by atoms with van der Waals surface area (Å²) in [5, 5.41) is 6.60. The van der Waals surface area contributed by atoms with Gasteiger partial charge in [0.1, 0.15) is 11.4 Å². The number of anilines is 2. The van der Waals surface area contributed by atoms with E-state index < -0.39 is 5.91 Å². The monoisotopic (exact) mass is 273 g/mol. The van der Waals surface area contributed by atoms with Crippen molar-refractivity contribution in [2.75, 3.05) is 11.1 Å². The molecule has 0 radical (unpaired) electrons. The molecular formula is C13H15N5O2. The molecular weight excluding hydrogens is 258 g/mol. The molecule has 7 heteroatoms. The number of carbonyl (C=O) groups is 2. The summed E-state index contributed by atoms with van der Waals surface area (Å²) < 4.78 is 1.40. The molecule has 0 aliphatic carbocycles. The lowest BCUT2D eigenvalue weighted by molar-refractivity contribution is 0.0995. The maximum Gasteiger partial charge on any atom is 0.261 e. The van der Waals surface area contributed by atoms with Crippen LogP contribution in [0.1, 0.15) is 26.3 Å². The molecule has 2 aromatic rings. The summed E-state index contributed by atoms with van der Waals surface area (Å²) in [5.74, 6) is -0.661. The van der Waals surface area contributed by atoms with E-state index in [1.165, 1.54) is 10.9 Å². The van der Waals surface area contributed by atoms with Crippen molar-refractivity contribution < 1.29 is 9.59 Å². The molecule has 2 amide bonds. The quantitative estimate of drug-likeness (QED) is 0.761. The van der Waals surface area contributed by atoms with E-state index in [9.17, 15) is 9.59 Å². The van der Waals surface area contributed by atoms with Gasteiger partial charge in [0.2, 0.25) is 5.91 Å². The van der Waals surface area contributed by atoms with Crippen LogP contribution >= 0.6 is 0 Å². The number of benzene rings is 1. The van der Waals surface area contributed by atoms with Gasteiger partial charge in [-0.2, -0.15) is 5.10 Å². The van der Waals surface area contributed by atoms with Crippen LogP contribution in [0.25, 0.3) is 0 Å². The maximum atomic E-state index is 12.1. The summed E-state index contributed by atoms with van der Waals surface area (Å²) in [6.07, 6.45) is 1.39. The predicted octanol–water partition coefficient (Wildman–Crippen LogP) is 0.662. The number of nitrogens with one attached hydrogen (secondary N) is 1. The lowest BCUT2D eigenvalue weighted by Crippen LogP contribution is -2.17. The molecule has 1 aromatic carbocycles. The molecule has 0 aliphatic rings. The highest BCUT2D eigenvalue weighted by Gasteiger charge is 2.16. The van der Waals surface area contributed by atoms with Gasteiger partial charge in [-0.15, -0.1) is 0 Å². The molecule has 20 heavy (non-hydrogen) atoms. The molecule has 0 atom stereocenters. The molecule has 1 aromatic heterocycles. The second-order valence-electron chi connectivity index (χ2n) is 4.36. The zero-order valence-electron chi connectivity index (χ0n) is 11.2. The fourth-order valence-corrected chi connectivity index (χ4v) is 1.85. The summed E-state index contributed by atoms with van der Waals surface area (Å²) in [7, 11) is 1.64. The Morgan fingerprint density at radius 1 is 1.30 bits per heavy atom. The number of nitrogens with zero attached hydrogens (tertiary/aromatic N) is 2. The zero-order valence-corrected chi connectivity index (χ0v) is 11.2. The van der Waals surface area contributed by atoms with Crippen LogP contribution in [0.4, 0.5) is 11.5 Å². The van der Waals surface area contributed by atoms with Crippen LogP contribution in [0.3, 0.4) is 0 Å². The smallest absolute Gasteiger partial charge is 0.261 e. The molecule has 2 rings (SSSR count). The van der Waals surface area contributed by atoms with Crippen LogP contribution in [0.2, 0.25) is 0 Å². The second-order valence-corrected chi connectivity index (χ2v) is 4.36. The van der Waals surface area contributed by atoms with Crippen LogP contribution in [-0.4, -0.2) is 21.6 Å². The lowest BCUT2D eigenvalue weighted by atomic mass is 10.1. The SMILES string of the molecule is Cc1c(NC(=O)c2cnn(C)c2N)cccc1C(N)=O. The average Bonchev–Trinajstić information content (AvgIpc) is 2.72. The molecule has 0 bridgehead atoms. The number of nitrogen functional groups attached to an aromatic ring is 1. The first-order valence-electron chi connectivity index (χ1n) is 5.90. The van der Waals surface area contributed by atoms with Crippen molar-refractivity contribution in [3.63, 3.8) is 0 Å². The van der Waals surface area contributed by atoms with Gasteiger partial charge in [-0.3, -0.25) is 14.3 Å². The van der Waals surface area contributed by atoms with Crippen LogP contribution in [-0.2, 0) is 7.05 Å². The van der Waals surface area contributed by atoms with Gasteiger partial charge in [0.05, 0.1) is 6.20 Å². The first-order valence-corrected chi connectivity index (χ1v) is 5.90. The van der Waals surface area contributed by atoms with Gasteiger partial charge in [0, 0.05) is 18.3 Å². The highest BCUT2D eigenvalue weighted by molar-refractivity contribution is 6.08. The molecule has 1 heterocycles. The van der Waals surface area contributed by atoms with Gasteiger partial charge >= 0.3 is 0 Å². The van der Waals surface area contributed by atoms with Crippen molar-refractivity contribution in [2.45, 2.75) is 6.92 Å². The van der Waals surface area contributed by atoms with E-state index in [2.05, 4.69) is 10.4 Å². The molecule has 5 N–H and O–H groups in total. The van der Waals surface area contributed by atoms with Crippen molar-refractivity contribution in [1.82, 2.24) is 9.78 Å². The number of amides is 2. The van der Waals surface area contributed by atoms with E-state index >= 15 is 0 Å². The van der Waals surface area contributed by atoms with E-state index in [4.69, 9.17) is 11.5 Å². The lowest BCUT2D eigenvalue weighted by Gasteiger charge is -2.10. The van der Waals surface area contributed by atoms with Gasteiger partial charge in [0.25, 0.3) is 5.91 Å².